The highest BCUT2D eigenvalue weighted by atomic mass is 32.1. The summed E-state index contributed by atoms with van der Waals surface area (Å²) in [5.74, 6) is 0.604. The summed E-state index contributed by atoms with van der Waals surface area (Å²) in [5, 5.41) is 24.3. The predicted octanol–water partition coefficient (Wildman–Crippen LogP) is 3.28. The van der Waals surface area contributed by atoms with Crippen LogP contribution in [-0.4, -0.2) is 21.7 Å². The second kappa shape index (κ2) is 7.85. The highest BCUT2D eigenvalue weighted by molar-refractivity contribution is 7.09. The molecule has 0 aromatic carbocycles. The van der Waals surface area contributed by atoms with Crippen molar-refractivity contribution in [2.45, 2.75) is 46.5 Å². The van der Waals surface area contributed by atoms with E-state index in [0.717, 1.165) is 54.2 Å². The standard InChI is InChI=1S/C16H21N5S/c1-4-12-13(9-17)16(21-20-14(12)5-2)18-8-6-7-15-19-11(3)10-22-15/h10H,4-8H2,1-3H3,(H,18,21). The molecule has 0 amide bonds. The second-order valence-corrected chi connectivity index (χ2v) is 6.02. The summed E-state index contributed by atoms with van der Waals surface area (Å²) in [4.78, 5) is 4.45. The van der Waals surface area contributed by atoms with Gasteiger partial charge in [-0.25, -0.2) is 4.98 Å². The van der Waals surface area contributed by atoms with Crippen LogP contribution < -0.4 is 5.32 Å². The number of aromatic nitrogens is 3. The normalized spacial score (nSPS) is 10.5. The fourth-order valence-corrected chi connectivity index (χ4v) is 3.20. The number of hydrogen-bond acceptors (Lipinski definition) is 6. The third kappa shape index (κ3) is 3.80. The molecule has 2 aromatic heterocycles. The molecule has 6 heteroatoms. The quantitative estimate of drug-likeness (QED) is 0.794. The van der Waals surface area contributed by atoms with Gasteiger partial charge in [0, 0.05) is 24.0 Å². The molecule has 0 radical (unpaired) electrons. The molecule has 5 nitrogen and oxygen atoms in total. The Morgan fingerprint density at radius 2 is 2.09 bits per heavy atom. The van der Waals surface area contributed by atoms with E-state index < -0.39 is 0 Å². The number of hydrogen-bond donors (Lipinski definition) is 1. The minimum atomic E-state index is 0.604. The molecule has 0 spiro atoms. The van der Waals surface area contributed by atoms with Crippen LogP contribution in [0.2, 0.25) is 0 Å². The summed E-state index contributed by atoms with van der Waals surface area (Å²) in [6, 6.07) is 2.28. The Labute approximate surface area is 135 Å². The van der Waals surface area contributed by atoms with E-state index >= 15 is 0 Å². The lowest BCUT2D eigenvalue weighted by Crippen LogP contribution is -2.11. The monoisotopic (exact) mass is 315 g/mol. The van der Waals surface area contributed by atoms with Crippen molar-refractivity contribution in [2.24, 2.45) is 0 Å². The molecular weight excluding hydrogens is 294 g/mol. The molecule has 0 fully saturated rings. The van der Waals surface area contributed by atoms with Crippen LogP contribution in [0, 0.1) is 18.3 Å². The summed E-state index contributed by atoms with van der Waals surface area (Å²) < 4.78 is 0. The van der Waals surface area contributed by atoms with E-state index in [1.807, 2.05) is 20.8 Å². The van der Waals surface area contributed by atoms with Crippen molar-refractivity contribution in [1.82, 2.24) is 15.2 Å². The average molecular weight is 315 g/mol. The lowest BCUT2D eigenvalue weighted by molar-refractivity contribution is 0.828. The van der Waals surface area contributed by atoms with Gasteiger partial charge in [-0.2, -0.15) is 10.4 Å². The van der Waals surface area contributed by atoms with Gasteiger partial charge in [-0.05, 0) is 31.7 Å². The molecule has 116 valence electrons. The lowest BCUT2D eigenvalue weighted by atomic mass is 10.0. The van der Waals surface area contributed by atoms with Gasteiger partial charge in [0.2, 0.25) is 0 Å². The van der Waals surface area contributed by atoms with Crippen LogP contribution in [-0.2, 0) is 19.3 Å². The van der Waals surface area contributed by atoms with Crippen LogP contribution in [0.4, 0.5) is 5.82 Å². The molecule has 22 heavy (non-hydrogen) atoms. The minimum absolute atomic E-state index is 0.604. The summed E-state index contributed by atoms with van der Waals surface area (Å²) in [5.41, 5.74) is 3.65. The first kappa shape index (κ1) is 16.4. The van der Waals surface area contributed by atoms with Gasteiger partial charge < -0.3 is 5.32 Å². The SMILES string of the molecule is CCc1nnc(NCCCc2nc(C)cs2)c(C#N)c1CC. The van der Waals surface area contributed by atoms with E-state index in [2.05, 4.69) is 31.9 Å². The highest BCUT2D eigenvalue weighted by Gasteiger charge is 2.13. The second-order valence-electron chi connectivity index (χ2n) is 5.08. The van der Waals surface area contributed by atoms with E-state index in [-0.39, 0.29) is 0 Å². The number of rotatable bonds is 7. The van der Waals surface area contributed by atoms with Crippen LogP contribution >= 0.6 is 11.3 Å². The van der Waals surface area contributed by atoms with Crippen molar-refractivity contribution in [3.05, 3.63) is 32.9 Å². The van der Waals surface area contributed by atoms with E-state index in [9.17, 15) is 5.26 Å². The fourth-order valence-electron chi connectivity index (χ4n) is 2.38. The zero-order chi connectivity index (χ0) is 15.9. The van der Waals surface area contributed by atoms with Crippen molar-refractivity contribution in [1.29, 1.82) is 5.26 Å². The van der Waals surface area contributed by atoms with Crippen LogP contribution in [0.5, 0.6) is 0 Å². The van der Waals surface area contributed by atoms with Gasteiger partial charge in [0.05, 0.1) is 10.7 Å². The van der Waals surface area contributed by atoms with Crippen molar-refractivity contribution >= 4 is 17.2 Å². The molecule has 2 heterocycles. The Kier molecular flexibility index (Phi) is 5.84. The van der Waals surface area contributed by atoms with E-state index in [1.165, 1.54) is 0 Å². The molecule has 2 rings (SSSR count). The zero-order valence-corrected chi connectivity index (χ0v) is 14.1. The van der Waals surface area contributed by atoms with Crippen LogP contribution in [0.1, 0.15) is 47.8 Å². The molecule has 1 N–H and O–H groups in total. The van der Waals surface area contributed by atoms with Gasteiger partial charge in [0.25, 0.3) is 0 Å². The summed E-state index contributed by atoms with van der Waals surface area (Å²) in [6.45, 7) is 6.85. The van der Waals surface area contributed by atoms with Crippen LogP contribution in [0.3, 0.4) is 0 Å². The molecule has 2 aromatic rings. The number of nitriles is 1. The molecular formula is C16H21N5S. The third-order valence-electron chi connectivity index (χ3n) is 3.48. The minimum Gasteiger partial charge on any atom is -0.367 e. The van der Waals surface area contributed by atoms with Gasteiger partial charge in [-0.3, -0.25) is 0 Å². The summed E-state index contributed by atoms with van der Waals surface area (Å²) >= 11 is 1.70. The Hall–Kier alpha value is -2.00. The maximum absolute atomic E-state index is 9.42. The molecule has 0 saturated carbocycles. The van der Waals surface area contributed by atoms with Crippen molar-refractivity contribution in [3.63, 3.8) is 0 Å². The maximum Gasteiger partial charge on any atom is 0.166 e. The molecule has 0 atom stereocenters. The van der Waals surface area contributed by atoms with Gasteiger partial charge in [-0.1, -0.05) is 13.8 Å². The zero-order valence-electron chi connectivity index (χ0n) is 13.3. The first-order valence-electron chi connectivity index (χ1n) is 7.62. The van der Waals surface area contributed by atoms with Crippen molar-refractivity contribution in [3.8, 4) is 6.07 Å². The predicted molar refractivity (Wildman–Crippen MR) is 89.2 cm³/mol. The Morgan fingerprint density at radius 1 is 1.27 bits per heavy atom. The van der Waals surface area contributed by atoms with Gasteiger partial charge in [0.1, 0.15) is 11.6 Å². The number of anilines is 1. The third-order valence-corrected chi connectivity index (χ3v) is 4.51. The number of aryl methyl sites for hydroxylation is 3. The number of nitrogens with one attached hydrogen (secondary N) is 1. The smallest absolute Gasteiger partial charge is 0.166 e. The number of nitrogens with zero attached hydrogens (tertiary/aromatic N) is 4. The molecule has 0 aliphatic carbocycles. The maximum atomic E-state index is 9.42. The van der Waals surface area contributed by atoms with Crippen molar-refractivity contribution < 1.29 is 0 Å². The van der Waals surface area contributed by atoms with Gasteiger partial charge in [-0.15, -0.1) is 16.4 Å². The van der Waals surface area contributed by atoms with Gasteiger partial charge >= 0.3 is 0 Å². The summed E-state index contributed by atoms with van der Waals surface area (Å²) in [7, 11) is 0. The molecule has 0 aliphatic heterocycles. The lowest BCUT2D eigenvalue weighted by Gasteiger charge is -2.11. The first-order chi connectivity index (χ1) is 10.7. The highest BCUT2D eigenvalue weighted by Crippen LogP contribution is 2.20. The molecule has 0 aliphatic rings. The average Bonchev–Trinajstić information content (AvgIpc) is 2.95. The fraction of sp³-hybridized carbons (Fsp3) is 0.500. The Morgan fingerprint density at radius 3 is 2.68 bits per heavy atom. The first-order valence-corrected chi connectivity index (χ1v) is 8.50. The largest absolute Gasteiger partial charge is 0.367 e. The molecule has 0 saturated heterocycles. The molecule has 0 unspecified atom stereocenters. The van der Waals surface area contributed by atoms with E-state index in [0.29, 0.717) is 11.4 Å². The topological polar surface area (TPSA) is 74.5 Å². The van der Waals surface area contributed by atoms with E-state index in [1.54, 1.807) is 11.3 Å². The Balaban J connectivity index is 1.99. The van der Waals surface area contributed by atoms with Crippen LogP contribution in [0.15, 0.2) is 5.38 Å². The molecule has 0 bridgehead atoms. The Bertz CT molecular complexity index is 672. The van der Waals surface area contributed by atoms with Crippen LogP contribution in [0.25, 0.3) is 0 Å². The summed E-state index contributed by atoms with van der Waals surface area (Å²) in [6.07, 6.45) is 3.49. The van der Waals surface area contributed by atoms with E-state index in [4.69, 9.17) is 0 Å². The van der Waals surface area contributed by atoms with Crippen molar-refractivity contribution in [2.75, 3.05) is 11.9 Å². The number of thiazole rings is 1. The van der Waals surface area contributed by atoms with Gasteiger partial charge in [0.15, 0.2) is 5.82 Å².